The van der Waals surface area contributed by atoms with E-state index in [4.69, 9.17) is 22.1 Å². The van der Waals surface area contributed by atoms with Gasteiger partial charge in [0.15, 0.2) is 0 Å². The molecule has 0 bridgehead atoms. The Kier molecular flexibility index (Phi) is 7.85. The van der Waals surface area contributed by atoms with Crippen LogP contribution in [0.25, 0.3) is 0 Å². The molecule has 1 saturated heterocycles. The van der Waals surface area contributed by atoms with Gasteiger partial charge in [0, 0.05) is 28.2 Å². The second kappa shape index (κ2) is 11.0. The predicted molar refractivity (Wildman–Crippen MR) is 164 cm³/mol. The third kappa shape index (κ3) is 5.05. The number of primary amides is 1. The normalized spacial score (nSPS) is 23.0. The number of rotatable bonds is 6. The fourth-order valence-electron chi connectivity index (χ4n) is 6.31. The van der Waals surface area contributed by atoms with E-state index in [1.165, 1.54) is 25.3 Å². The lowest BCUT2D eigenvalue weighted by Gasteiger charge is -2.37. The Morgan fingerprint density at radius 1 is 1.17 bits per heavy atom. The van der Waals surface area contributed by atoms with Gasteiger partial charge in [-0.05, 0) is 75.3 Å². The molecule has 3 amide bonds. The molecular weight excluding hydrogens is 627 g/mol. The van der Waals surface area contributed by atoms with Crippen molar-refractivity contribution in [3.8, 4) is 5.75 Å². The minimum Gasteiger partial charge on any atom is -0.495 e. The number of amides is 3. The smallest absolute Gasteiger partial charge is 0.248 e. The number of halogens is 3. The number of nitrogens with one attached hydrogen (secondary N) is 3. The lowest BCUT2D eigenvalue weighted by molar-refractivity contribution is -0.122. The van der Waals surface area contributed by atoms with Gasteiger partial charge in [-0.3, -0.25) is 14.4 Å². The first-order chi connectivity index (χ1) is 19.8. The van der Waals surface area contributed by atoms with E-state index in [0.717, 1.165) is 0 Å². The quantitative estimate of drug-likeness (QED) is 0.270. The maximum atomic E-state index is 16.0. The number of fused-ring (bicyclic) bond motifs is 2. The van der Waals surface area contributed by atoms with Crippen LogP contribution in [0.1, 0.15) is 54.6 Å². The second-order valence-electron chi connectivity index (χ2n) is 11.9. The lowest BCUT2D eigenvalue weighted by atomic mass is 9.62. The van der Waals surface area contributed by atoms with Crippen LogP contribution in [-0.2, 0) is 15.0 Å². The topological polar surface area (TPSA) is 123 Å². The summed E-state index contributed by atoms with van der Waals surface area (Å²) in [6, 6.07) is 12.8. The van der Waals surface area contributed by atoms with Crippen molar-refractivity contribution in [2.45, 2.75) is 50.6 Å². The fraction of sp³-hybridized carbons (Fsp3) is 0.323. The van der Waals surface area contributed by atoms with Crippen molar-refractivity contribution in [1.29, 1.82) is 0 Å². The average molecular weight is 658 g/mol. The molecule has 3 aromatic rings. The molecule has 0 unspecified atom stereocenters. The molecule has 0 saturated carbocycles. The molecular formula is C31H31BrClFN4O4. The van der Waals surface area contributed by atoms with Crippen molar-refractivity contribution in [2.75, 3.05) is 17.7 Å². The van der Waals surface area contributed by atoms with Crippen LogP contribution < -0.4 is 26.4 Å². The Labute approximate surface area is 256 Å². The third-order valence-electron chi connectivity index (χ3n) is 7.96. The van der Waals surface area contributed by atoms with Crippen LogP contribution in [0.2, 0.25) is 5.02 Å². The molecule has 5 rings (SSSR count). The summed E-state index contributed by atoms with van der Waals surface area (Å²) in [7, 11) is 1.41. The van der Waals surface area contributed by atoms with E-state index in [1.54, 1.807) is 36.4 Å². The van der Waals surface area contributed by atoms with Crippen molar-refractivity contribution in [1.82, 2.24) is 5.32 Å². The molecule has 5 N–H and O–H groups in total. The molecule has 0 radical (unpaired) electrons. The summed E-state index contributed by atoms with van der Waals surface area (Å²) in [6.07, 6.45) is 0.495. The monoisotopic (exact) mass is 656 g/mol. The molecule has 1 spiro atoms. The van der Waals surface area contributed by atoms with Gasteiger partial charge in [0.05, 0.1) is 23.3 Å². The van der Waals surface area contributed by atoms with Gasteiger partial charge in [-0.25, -0.2) is 4.39 Å². The Hall–Kier alpha value is -3.47. The van der Waals surface area contributed by atoms with Gasteiger partial charge >= 0.3 is 0 Å². The van der Waals surface area contributed by atoms with Gasteiger partial charge in [-0.15, -0.1) is 0 Å². The van der Waals surface area contributed by atoms with Crippen LogP contribution in [-0.4, -0.2) is 36.9 Å². The highest BCUT2D eigenvalue weighted by Crippen LogP contribution is 2.57. The summed E-state index contributed by atoms with van der Waals surface area (Å²) in [5.74, 6) is -2.79. The molecule has 2 aliphatic heterocycles. The van der Waals surface area contributed by atoms with Gasteiger partial charge in [-0.1, -0.05) is 50.6 Å². The minimum atomic E-state index is -1.35. The van der Waals surface area contributed by atoms with Crippen LogP contribution in [0.15, 0.2) is 59.1 Å². The summed E-state index contributed by atoms with van der Waals surface area (Å²) in [4.78, 5) is 40.1. The molecule has 1 fully saturated rings. The Morgan fingerprint density at radius 2 is 1.90 bits per heavy atom. The summed E-state index contributed by atoms with van der Waals surface area (Å²) >= 11 is 9.59. The number of hydrogen-bond acceptors (Lipinski definition) is 5. The van der Waals surface area contributed by atoms with Crippen molar-refractivity contribution in [3.05, 3.63) is 86.6 Å². The predicted octanol–water partition coefficient (Wildman–Crippen LogP) is 5.74. The van der Waals surface area contributed by atoms with Gasteiger partial charge in [-0.2, -0.15) is 0 Å². The number of benzene rings is 3. The van der Waals surface area contributed by atoms with Crippen molar-refractivity contribution >= 4 is 56.6 Å². The Morgan fingerprint density at radius 3 is 2.57 bits per heavy atom. The first-order valence-electron chi connectivity index (χ1n) is 13.4. The maximum absolute atomic E-state index is 16.0. The zero-order chi connectivity index (χ0) is 30.6. The fourth-order valence-corrected chi connectivity index (χ4v) is 6.86. The Balaban J connectivity index is 1.70. The van der Waals surface area contributed by atoms with Gasteiger partial charge in [0.1, 0.15) is 17.0 Å². The van der Waals surface area contributed by atoms with Crippen LogP contribution in [0.5, 0.6) is 5.75 Å². The highest BCUT2D eigenvalue weighted by atomic mass is 79.9. The summed E-state index contributed by atoms with van der Waals surface area (Å²) in [6.45, 7) is 6.14. The molecule has 2 aliphatic rings. The largest absolute Gasteiger partial charge is 0.495 e. The summed E-state index contributed by atoms with van der Waals surface area (Å²) < 4.78 is 21.6. The average Bonchev–Trinajstić information content (AvgIpc) is 3.39. The standard InChI is InChI=1S/C31H31BrClFN4O4/c1-30(2,3)14-23-31(18-10-9-16(33)13-21(18)37-29(31)41)24(17-6-5-7-19(32)25(17)34)26(38-23)28(40)36-20-11-8-15(27(35)39)12-22(20)42-4/h5-13,23-24,26,38H,14H2,1-4H3,(H2,35,39)(H,36,40)(H,37,41)/t23-,24-,26+,31+/m0/s1. The van der Waals surface area contributed by atoms with E-state index >= 15 is 4.39 Å². The van der Waals surface area contributed by atoms with E-state index in [1.807, 2.05) is 20.8 Å². The summed E-state index contributed by atoms with van der Waals surface area (Å²) in [5, 5.41) is 9.73. The lowest BCUT2D eigenvalue weighted by Crippen LogP contribution is -2.49. The van der Waals surface area contributed by atoms with Gasteiger partial charge in [0.25, 0.3) is 0 Å². The number of carbonyl (C=O) groups excluding carboxylic acids is 3. The maximum Gasteiger partial charge on any atom is 0.248 e. The van der Waals surface area contributed by atoms with E-state index < -0.39 is 41.0 Å². The summed E-state index contributed by atoms with van der Waals surface area (Å²) in [5.41, 5.74) is 5.68. The number of hydrogen-bond donors (Lipinski definition) is 4. The number of nitrogens with two attached hydrogens (primary N) is 1. The molecule has 0 aromatic heterocycles. The van der Waals surface area contributed by atoms with E-state index in [2.05, 4.69) is 31.9 Å². The molecule has 220 valence electrons. The van der Waals surface area contributed by atoms with Crippen molar-refractivity contribution in [3.63, 3.8) is 0 Å². The van der Waals surface area contributed by atoms with Crippen LogP contribution in [0, 0.1) is 11.2 Å². The number of carbonyl (C=O) groups is 3. The van der Waals surface area contributed by atoms with Gasteiger partial charge < -0.3 is 26.4 Å². The van der Waals surface area contributed by atoms with E-state index in [-0.39, 0.29) is 32.7 Å². The van der Waals surface area contributed by atoms with E-state index in [0.29, 0.717) is 28.4 Å². The first kappa shape index (κ1) is 30.0. The number of methoxy groups -OCH3 is 1. The molecule has 0 aliphatic carbocycles. The minimum absolute atomic E-state index is 0.208. The van der Waals surface area contributed by atoms with Crippen LogP contribution in [0.4, 0.5) is 15.8 Å². The zero-order valence-electron chi connectivity index (χ0n) is 23.5. The molecule has 8 nitrogen and oxygen atoms in total. The molecule has 2 heterocycles. The highest BCUT2D eigenvalue weighted by molar-refractivity contribution is 9.10. The molecule has 11 heteroatoms. The van der Waals surface area contributed by atoms with E-state index in [9.17, 15) is 14.4 Å². The molecule has 3 aromatic carbocycles. The molecule has 42 heavy (non-hydrogen) atoms. The third-order valence-corrected chi connectivity index (χ3v) is 8.81. The zero-order valence-corrected chi connectivity index (χ0v) is 25.8. The Bertz CT molecular complexity index is 1610. The van der Waals surface area contributed by atoms with Crippen molar-refractivity contribution < 1.29 is 23.5 Å². The first-order valence-corrected chi connectivity index (χ1v) is 14.5. The number of anilines is 2. The highest BCUT2D eigenvalue weighted by Gasteiger charge is 2.66. The van der Waals surface area contributed by atoms with Crippen LogP contribution >= 0.6 is 27.5 Å². The second-order valence-corrected chi connectivity index (χ2v) is 13.2. The SMILES string of the molecule is COc1cc(C(N)=O)ccc1NC(=O)[C@@H]1N[C@@H](CC(C)(C)C)[C@@]2(C(=O)Nc3cc(Cl)ccc32)[C@H]1c1cccc(Br)c1F. The van der Waals surface area contributed by atoms with Gasteiger partial charge in [0.2, 0.25) is 17.7 Å². The van der Waals surface area contributed by atoms with Crippen molar-refractivity contribution in [2.24, 2.45) is 11.1 Å². The molecule has 4 atom stereocenters. The number of ether oxygens (including phenoxy) is 1. The van der Waals surface area contributed by atoms with Crippen LogP contribution in [0.3, 0.4) is 0 Å².